The van der Waals surface area contributed by atoms with Crippen LogP contribution in [0, 0.1) is 0 Å². The predicted octanol–water partition coefficient (Wildman–Crippen LogP) is 1.94. The first-order valence-electron chi connectivity index (χ1n) is 4.78. The third-order valence-electron chi connectivity index (χ3n) is 2.83. The molecule has 0 radical (unpaired) electrons. The fourth-order valence-corrected chi connectivity index (χ4v) is 1.13. The summed E-state index contributed by atoms with van der Waals surface area (Å²) in [7, 11) is 1.78. The molecule has 0 bridgehead atoms. The van der Waals surface area contributed by atoms with Crippen molar-refractivity contribution in [3.63, 3.8) is 0 Å². The summed E-state index contributed by atoms with van der Waals surface area (Å²) in [5.41, 5.74) is 0.488. The third kappa shape index (κ3) is 3.11. The van der Waals surface area contributed by atoms with Crippen LogP contribution in [0.25, 0.3) is 0 Å². The number of hydrogen-bond acceptors (Lipinski definition) is 2. The molecule has 0 aromatic carbocycles. The van der Waals surface area contributed by atoms with E-state index in [2.05, 4.69) is 26.1 Å². The molecule has 1 aliphatic carbocycles. The monoisotopic (exact) mass is 171 g/mol. The molecule has 0 aliphatic heterocycles. The molecule has 0 saturated heterocycles. The summed E-state index contributed by atoms with van der Waals surface area (Å²) in [4.78, 5) is 0. The van der Waals surface area contributed by atoms with Crippen LogP contribution in [0.2, 0.25) is 0 Å². The lowest BCUT2D eigenvalue weighted by molar-refractivity contribution is 0.0153. The Balaban J connectivity index is 2.09. The van der Waals surface area contributed by atoms with Crippen molar-refractivity contribution in [3.8, 4) is 0 Å². The van der Waals surface area contributed by atoms with Crippen molar-refractivity contribution in [1.82, 2.24) is 5.32 Å². The Labute approximate surface area is 75.7 Å². The first-order chi connectivity index (χ1) is 5.47. The van der Waals surface area contributed by atoms with Crippen LogP contribution in [-0.4, -0.2) is 24.8 Å². The van der Waals surface area contributed by atoms with E-state index in [9.17, 15) is 0 Å². The Kier molecular flexibility index (Phi) is 2.79. The second kappa shape index (κ2) is 3.35. The van der Waals surface area contributed by atoms with Gasteiger partial charge in [0, 0.05) is 12.6 Å². The molecule has 1 aliphatic rings. The molecule has 72 valence electrons. The summed E-state index contributed by atoms with van der Waals surface area (Å²) in [6.45, 7) is 7.61. The highest BCUT2D eigenvalue weighted by Gasteiger charge is 2.36. The molecule has 0 aromatic rings. The van der Waals surface area contributed by atoms with E-state index in [0.29, 0.717) is 5.54 Å². The topological polar surface area (TPSA) is 21.3 Å². The largest absolute Gasteiger partial charge is 0.379 e. The predicted molar refractivity (Wildman–Crippen MR) is 51.3 cm³/mol. The highest BCUT2D eigenvalue weighted by Crippen LogP contribution is 2.34. The molecule has 0 heterocycles. The highest BCUT2D eigenvalue weighted by molar-refractivity contribution is 4.97. The van der Waals surface area contributed by atoms with Gasteiger partial charge >= 0.3 is 0 Å². The molecule has 0 atom stereocenters. The third-order valence-corrected chi connectivity index (χ3v) is 2.83. The number of ether oxygens (including phenoxy) is 1. The van der Waals surface area contributed by atoms with E-state index in [0.717, 1.165) is 13.0 Å². The molecule has 2 heteroatoms. The van der Waals surface area contributed by atoms with Gasteiger partial charge in [-0.15, -0.1) is 0 Å². The van der Waals surface area contributed by atoms with Gasteiger partial charge in [-0.2, -0.15) is 0 Å². The van der Waals surface area contributed by atoms with Crippen molar-refractivity contribution in [3.05, 3.63) is 0 Å². The van der Waals surface area contributed by atoms with Gasteiger partial charge in [0.15, 0.2) is 0 Å². The smallest absolute Gasteiger partial charge is 0.0634 e. The zero-order chi connectivity index (χ0) is 9.24. The van der Waals surface area contributed by atoms with Gasteiger partial charge < -0.3 is 10.1 Å². The van der Waals surface area contributed by atoms with E-state index in [1.54, 1.807) is 7.11 Å². The van der Waals surface area contributed by atoms with Crippen LogP contribution in [0.3, 0.4) is 0 Å². The molecule has 2 nitrogen and oxygen atoms in total. The van der Waals surface area contributed by atoms with Crippen molar-refractivity contribution in [2.45, 2.75) is 51.2 Å². The second-order valence-electron chi connectivity index (χ2n) is 4.70. The maximum absolute atomic E-state index is 5.33. The Morgan fingerprint density at radius 1 is 1.42 bits per heavy atom. The molecule has 1 fully saturated rings. The standard InChI is InChI=1S/C10H21NO/c1-9(2,12-4)7-8-11-10(3)5-6-10/h11H,5-8H2,1-4H3. The molecule has 0 unspecified atom stereocenters. The summed E-state index contributed by atoms with van der Waals surface area (Å²) >= 11 is 0. The van der Waals surface area contributed by atoms with Crippen molar-refractivity contribution in [1.29, 1.82) is 0 Å². The SMILES string of the molecule is COC(C)(C)CCNC1(C)CC1. The minimum atomic E-state index is 0.0260. The van der Waals surface area contributed by atoms with Gasteiger partial charge in [-0.1, -0.05) is 0 Å². The summed E-state index contributed by atoms with van der Waals surface area (Å²) in [6, 6.07) is 0. The van der Waals surface area contributed by atoms with Gasteiger partial charge in [-0.3, -0.25) is 0 Å². The normalized spacial score (nSPS) is 21.0. The minimum absolute atomic E-state index is 0.0260. The van der Waals surface area contributed by atoms with Crippen LogP contribution in [0.5, 0.6) is 0 Å². The van der Waals surface area contributed by atoms with Gasteiger partial charge in [-0.25, -0.2) is 0 Å². The molecular weight excluding hydrogens is 150 g/mol. The number of rotatable bonds is 5. The van der Waals surface area contributed by atoms with Crippen molar-refractivity contribution in [2.75, 3.05) is 13.7 Å². The fourth-order valence-electron chi connectivity index (χ4n) is 1.13. The Morgan fingerprint density at radius 3 is 2.42 bits per heavy atom. The zero-order valence-electron chi connectivity index (χ0n) is 8.74. The average Bonchev–Trinajstić information content (AvgIpc) is 2.68. The van der Waals surface area contributed by atoms with Crippen LogP contribution >= 0.6 is 0 Å². The zero-order valence-corrected chi connectivity index (χ0v) is 8.74. The van der Waals surface area contributed by atoms with Crippen molar-refractivity contribution in [2.24, 2.45) is 0 Å². The van der Waals surface area contributed by atoms with Crippen molar-refractivity contribution < 1.29 is 4.74 Å². The summed E-state index contributed by atoms with van der Waals surface area (Å²) in [5, 5.41) is 3.54. The maximum atomic E-state index is 5.33. The first-order valence-corrected chi connectivity index (χ1v) is 4.78. The molecule has 0 aromatic heterocycles. The van der Waals surface area contributed by atoms with Gasteiger partial charge in [0.25, 0.3) is 0 Å². The Hall–Kier alpha value is -0.0800. The molecule has 1 rings (SSSR count). The molecule has 1 saturated carbocycles. The molecule has 1 N–H and O–H groups in total. The fraction of sp³-hybridized carbons (Fsp3) is 1.00. The summed E-state index contributed by atoms with van der Waals surface area (Å²) in [6.07, 6.45) is 3.75. The molecular formula is C10H21NO. The summed E-state index contributed by atoms with van der Waals surface area (Å²) in [5.74, 6) is 0. The molecule has 0 spiro atoms. The lowest BCUT2D eigenvalue weighted by Gasteiger charge is -2.24. The van der Waals surface area contributed by atoms with Crippen LogP contribution in [0.15, 0.2) is 0 Å². The lowest BCUT2D eigenvalue weighted by atomic mass is 10.1. The number of nitrogens with one attached hydrogen (secondary N) is 1. The van der Waals surface area contributed by atoms with Gasteiger partial charge in [-0.05, 0) is 46.6 Å². The maximum Gasteiger partial charge on any atom is 0.0634 e. The van der Waals surface area contributed by atoms with Crippen LogP contribution in [-0.2, 0) is 4.74 Å². The van der Waals surface area contributed by atoms with Crippen LogP contribution in [0.1, 0.15) is 40.0 Å². The quantitative estimate of drug-likeness (QED) is 0.682. The Morgan fingerprint density at radius 2 is 2.00 bits per heavy atom. The Bertz CT molecular complexity index is 150. The van der Waals surface area contributed by atoms with E-state index in [1.165, 1.54) is 12.8 Å². The average molecular weight is 171 g/mol. The van der Waals surface area contributed by atoms with Crippen LogP contribution < -0.4 is 5.32 Å². The van der Waals surface area contributed by atoms with Crippen LogP contribution in [0.4, 0.5) is 0 Å². The number of hydrogen-bond donors (Lipinski definition) is 1. The van der Waals surface area contributed by atoms with Gasteiger partial charge in [0.1, 0.15) is 0 Å². The van der Waals surface area contributed by atoms with E-state index in [-0.39, 0.29) is 5.60 Å². The lowest BCUT2D eigenvalue weighted by Crippen LogP contribution is -2.34. The van der Waals surface area contributed by atoms with E-state index in [1.807, 2.05) is 0 Å². The van der Waals surface area contributed by atoms with Gasteiger partial charge in [0.05, 0.1) is 5.60 Å². The van der Waals surface area contributed by atoms with Crippen molar-refractivity contribution >= 4 is 0 Å². The van der Waals surface area contributed by atoms with E-state index in [4.69, 9.17) is 4.74 Å². The first kappa shape index (κ1) is 10.0. The number of methoxy groups -OCH3 is 1. The minimum Gasteiger partial charge on any atom is -0.379 e. The van der Waals surface area contributed by atoms with Gasteiger partial charge in [0.2, 0.25) is 0 Å². The van der Waals surface area contributed by atoms with E-state index < -0.39 is 0 Å². The molecule has 12 heavy (non-hydrogen) atoms. The summed E-state index contributed by atoms with van der Waals surface area (Å²) < 4.78 is 5.33. The van der Waals surface area contributed by atoms with E-state index >= 15 is 0 Å². The second-order valence-corrected chi connectivity index (χ2v) is 4.70. The molecule has 0 amide bonds. The highest BCUT2D eigenvalue weighted by atomic mass is 16.5.